The minimum Gasteiger partial charge on any atom is -0.317 e. The molecule has 2 aliphatic rings. The Balaban J connectivity index is 2.01. The van der Waals surface area contributed by atoms with Crippen LogP contribution in [0, 0.1) is 11.8 Å². The topological polar surface area (TPSA) is 15.3 Å². The van der Waals surface area contributed by atoms with Gasteiger partial charge in [-0.3, -0.25) is 4.90 Å². The number of nitrogens with zero attached hydrogens (tertiary/aromatic N) is 1. The van der Waals surface area contributed by atoms with Gasteiger partial charge in [0, 0.05) is 24.7 Å². The molecule has 82 valence electrons. The van der Waals surface area contributed by atoms with Crippen molar-refractivity contribution in [2.75, 3.05) is 20.1 Å². The summed E-state index contributed by atoms with van der Waals surface area (Å²) in [6.45, 7) is 9.64. The van der Waals surface area contributed by atoms with Gasteiger partial charge in [-0.1, -0.05) is 0 Å². The van der Waals surface area contributed by atoms with Gasteiger partial charge in [0.15, 0.2) is 0 Å². The predicted molar refractivity (Wildman–Crippen MR) is 60.4 cm³/mol. The lowest BCUT2D eigenvalue weighted by molar-refractivity contribution is 0.158. The molecule has 2 nitrogen and oxygen atoms in total. The summed E-state index contributed by atoms with van der Waals surface area (Å²) in [5, 5.41) is 3.48. The summed E-state index contributed by atoms with van der Waals surface area (Å²) in [6.07, 6.45) is 2.83. The maximum Gasteiger partial charge on any atom is 0.0125 e. The Hall–Kier alpha value is -0.0800. The molecule has 1 heterocycles. The molecule has 2 heteroatoms. The molecule has 0 amide bonds. The third-order valence-electron chi connectivity index (χ3n) is 4.18. The molecule has 1 saturated carbocycles. The Kier molecular flexibility index (Phi) is 2.61. The highest BCUT2D eigenvalue weighted by Gasteiger charge is 2.44. The van der Waals surface area contributed by atoms with Crippen molar-refractivity contribution < 1.29 is 0 Å². The van der Waals surface area contributed by atoms with Crippen LogP contribution in [0.2, 0.25) is 0 Å². The van der Waals surface area contributed by atoms with E-state index in [4.69, 9.17) is 0 Å². The van der Waals surface area contributed by atoms with Crippen LogP contribution >= 0.6 is 0 Å². The van der Waals surface area contributed by atoms with Crippen LogP contribution in [0.1, 0.15) is 33.6 Å². The number of fused-ring (bicyclic) bond motifs is 1. The molecular formula is C12H24N2. The maximum absolute atomic E-state index is 3.48. The number of hydrogen-bond acceptors (Lipinski definition) is 2. The van der Waals surface area contributed by atoms with Crippen LogP contribution in [0.15, 0.2) is 0 Å². The lowest BCUT2D eigenvalue weighted by Gasteiger charge is -2.33. The Morgan fingerprint density at radius 2 is 1.86 bits per heavy atom. The third-order valence-corrected chi connectivity index (χ3v) is 4.18. The average molecular weight is 196 g/mol. The molecule has 2 fully saturated rings. The first kappa shape index (κ1) is 10.4. The van der Waals surface area contributed by atoms with E-state index in [-0.39, 0.29) is 0 Å². The lowest BCUT2D eigenvalue weighted by Crippen LogP contribution is -2.41. The molecule has 3 atom stereocenters. The summed E-state index contributed by atoms with van der Waals surface area (Å²) in [6, 6.07) is 0.785. The standard InChI is InChI=1S/C12H24N2/c1-12(2,3)14-7-9-5-6-11(13-4)10(9)8-14/h9-11,13H,5-8H2,1-4H3/t9-,10+,11-/m1/s1. The predicted octanol–water partition coefficient (Wildman–Crippen LogP) is 1.71. The van der Waals surface area contributed by atoms with E-state index in [0.29, 0.717) is 5.54 Å². The summed E-state index contributed by atoms with van der Waals surface area (Å²) >= 11 is 0. The first-order valence-corrected chi connectivity index (χ1v) is 5.94. The van der Waals surface area contributed by atoms with Crippen LogP contribution in [-0.4, -0.2) is 36.6 Å². The zero-order valence-electron chi connectivity index (χ0n) is 10.0. The van der Waals surface area contributed by atoms with Gasteiger partial charge in [-0.05, 0) is 52.5 Å². The minimum absolute atomic E-state index is 0.364. The van der Waals surface area contributed by atoms with E-state index in [2.05, 4.69) is 38.0 Å². The fourth-order valence-corrected chi connectivity index (χ4v) is 3.17. The first-order valence-electron chi connectivity index (χ1n) is 5.94. The van der Waals surface area contributed by atoms with Gasteiger partial charge in [0.25, 0.3) is 0 Å². The van der Waals surface area contributed by atoms with Crippen molar-refractivity contribution in [3.05, 3.63) is 0 Å². The van der Waals surface area contributed by atoms with Crippen LogP contribution in [0.3, 0.4) is 0 Å². The van der Waals surface area contributed by atoms with E-state index >= 15 is 0 Å². The molecular weight excluding hydrogens is 172 g/mol. The molecule has 0 aromatic carbocycles. The van der Waals surface area contributed by atoms with E-state index in [1.54, 1.807) is 0 Å². The highest BCUT2D eigenvalue weighted by atomic mass is 15.2. The van der Waals surface area contributed by atoms with Crippen molar-refractivity contribution in [3.63, 3.8) is 0 Å². The van der Waals surface area contributed by atoms with Gasteiger partial charge in [-0.25, -0.2) is 0 Å². The van der Waals surface area contributed by atoms with Gasteiger partial charge < -0.3 is 5.32 Å². The van der Waals surface area contributed by atoms with Crippen LogP contribution in [-0.2, 0) is 0 Å². The van der Waals surface area contributed by atoms with Crippen LogP contribution in [0.4, 0.5) is 0 Å². The molecule has 0 spiro atoms. The Morgan fingerprint density at radius 3 is 2.43 bits per heavy atom. The van der Waals surface area contributed by atoms with E-state index in [1.165, 1.54) is 25.9 Å². The second kappa shape index (κ2) is 3.49. The Bertz CT molecular complexity index is 207. The van der Waals surface area contributed by atoms with E-state index in [0.717, 1.165) is 17.9 Å². The number of likely N-dealkylation sites (tertiary alicyclic amines) is 1. The molecule has 1 aliphatic heterocycles. The summed E-state index contributed by atoms with van der Waals surface area (Å²) < 4.78 is 0. The van der Waals surface area contributed by atoms with E-state index in [1.807, 2.05) is 0 Å². The van der Waals surface area contributed by atoms with Crippen LogP contribution in [0.5, 0.6) is 0 Å². The molecule has 1 aliphatic carbocycles. The van der Waals surface area contributed by atoms with Crippen molar-refractivity contribution in [1.82, 2.24) is 10.2 Å². The highest BCUT2D eigenvalue weighted by molar-refractivity contribution is 4.99. The smallest absolute Gasteiger partial charge is 0.0125 e. The molecule has 0 radical (unpaired) electrons. The second-order valence-electron chi connectivity index (χ2n) is 5.97. The summed E-state index contributed by atoms with van der Waals surface area (Å²) in [5.41, 5.74) is 0.364. The molecule has 0 aromatic rings. The molecule has 1 saturated heterocycles. The maximum atomic E-state index is 3.48. The summed E-state index contributed by atoms with van der Waals surface area (Å²) in [4.78, 5) is 2.66. The second-order valence-corrected chi connectivity index (χ2v) is 5.97. The average Bonchev–Trinajstić information content (AvgIpc) is 2.58. The number of hydrogen-bond donors (Lipinski definition) is 1. The summed E-state index contributed by atoms with van der Waals surface area (Å²) in [5.74, 6) is 1.88. The van der Waals surface area contributed by atoms with Crippen LogP contribution < -0.4 is 5.32 Å². The monoisotopic (exact) mass is 196 g/mol. The molecule has 2 rings (SSSR count). The first-order chi connectivity index (χ1) is 6.52. The summed E-state index contributed by atoms with van der Waals surface area (Å²) in [7, 11) is 2.12. The van der Waals surface area contributed by atoms with E-state index in [9.17, 15) is 0 Å². The fraction of sp³-hybridized carbons (Fsp3) is 1.00. The van der Waals surface area contributed by atoms with E-state index < -0.39 is 0 Å². The number of rotatable bonds is 1. The van der Waals surface area contributed by atoms with Gasteiger partial charge in [0.2, 0.25) is 0 Å². The molecule has 14 heavy (non-hydrogen) atoms. The molecule has 0 bridgehead atoms. The van der Waals surface area contributed by atoms with Gasteiger partial charge in [-0.15, -0.1) is 0 Å². The third kappa shape index (κ3) is 1.70. The molecule has 0 unspecified atom stereocenters. The Labute approximate surface area is 88.1 Å². The Morgan fingerprint density at radius 1 is 1.14 bits per heavy atom. The van der Waals surface area contributed by atoms with Gasteiger partial charge >= 0.3 is 0 Å². The number of nitrogens with one attached hydrogen (secondary N) is 1. The fourth-order valence-electron chi connectivity index (χ4n) is 3.17. The van der Waals surface area contributed by atoms with Crippen molar-refractivity contribution >= 4 is 0 Å². The van der Waals surface area contributed by atoms with Crippen molar-refractivity contribution in [2.45, 2.75) is 45.2 Å². The largest absolute Gasteiger partial charge is 0.317 e. The SMILES string of the molecule is CN[C@@H]1CC[C@@H]2CN(C(C)(C)C)C[C@@H]21. The van der Waals surface area contributed by atoms with Gasteiger partial charge in [-0.2, -0.15) is 0 Å². The van der Waals surface area contributed by atoms with Crippen molar-refractivity contribution in [3.8, 4) is 0 Å². The van der Waals surface area contributed by atoms with Crippen LogP contribution in [0.25, 0.3) is 0 Å². The minimum atomic E-state index is 0.364. The van der Waals surface area contributed by atoms with Crippen molar-refractivity contribution in [2.24, 2.45) is 11.8 Å². The lowest BCUT2D eigenvalue weighted by atomic mass is 9.98. The highest BCUT2D eigenvalue weighted by Crippen LogP contribution is 2.40. The normalized spacial score (nSPS) is 39.0. The van der Waals surface area contributed by atoms with Crippen molar-refractivity contribution in [1.29, 1.82) is 0 Å². The van der Waals surface area contributed by atoms with Gasteiger partial charge in [0.1, 0.15) is 0 Å². The van der Waals surface area contributed by atoms with Gasteiger partial charge in [0.05, 0.1) is 0 Å². The zero-order valence-corrected chi connectivity index (χ0v) is 10.0. The molecule has 1 N–H and O–H groups in total. The molecule has 0 aromatic heterocycles. The zero-order chi connectivity index (χ0) is 10.3. The quantitative estimate of drug-likeness (QED) is 0.687.